The number of primary amides is 1. The van der Waals surface area contributed by atoms with E-state index >= 15 is 0 Å². The second kappa shape index (κ2) is 2.77. The molecule has 0 bridgehead atoms. The van der Waals surface area contributed by atoms with Crippen LogP contribution < -0.4 is 5.73 Å². The number of nitrogens with zero attached hydrogens (tertiary/aromatic N) is 1. The van der Waals surface area contributed by atoms with Crippen molar-refractivity contribution in [3.63, 3.8) is 0 Å². The molecule has 1 aliphatic heterocycles. The lowest BCUT2D eigenvalue weighted by atomic mass is 10.2. The van der Waals surface area contributed by atoms with Gasteiger partial charge in [0, 0.05) is 0 Å². The summed E-state index contributed by atoms with van der Waals surface area (Å²) >= 11 is 0. The molecule has 0 saturated carbocycles. The Morgan fingerprint density at radius 3 is 2.23 bits per heavy atom. The Morgan fingerprint density at radius 2 is 1.92 bits per heavy atom. The van der Waals surface area contributed by atoms with E-state index in [2.05, 4.69) is 9.92 Å². The molecular weight excluding hydrogens is 210 g/mol. The molecule has 0 aromatic heterocycles. The van der Waals surface area contributed by atoms with E-state index in [1.807, 2.05) is 0 Å². The van der Waals surface area contributed by atoms with Crippen molar-refractivity contribution >= 4 is 16.4 Å². The van der Waals surface area contributed by atoms with E-state index in [0.29, 0.717) is 4.31 Å². The van der Waals surface area contributed by atoms with E-state index in [-0.39, 0.29) is 0 Å². The third-order valence-electron chi connectivity index (χ3n) is 1.32. The fourth-order valence-electron chi connectivity index (χ4n) is 0.784. The summed E-state index contributed by atoms with van der Waals surface area (Å²) in [5.74, 6) is -3.05. The molecule has 1 amide bonds. The predicted octanol–water partition coefficient (Wildman–Crippen LogP) is -0.723. The van der Waals surface area contributed by atoms with Gasteiger partial charge >= 0.3 is 16.4 Å². The molecule has 76 valence electrons. The smallest absolute Gasteiger partial charge is 0.334 e. The average Bonchev–Trinajstić information content (AvgIpc) is 1.79. The number of alkyl halides is 2. The zero-order valence-electron chi connectivity index (χ0n) is 6.24. The molecule has 0 radical (unpaired) electrons. The summed E-state index contributed by atoms with van der Waals surface area (Å²) in [7, 11) is -4.42. The van der Waals surface area contributed by atoms with Crippen molar-refractivity contribution in [1.82, 2.24) is 4.31 Å². The fourth-order valence-corrected chi connectivity index (χ4v) is 1.79. The Hall–Kier alpha value is -0.960. The topological polar surface area (TPSA) is 89.7 Å². The van der Waals surface area contributed by atoms with Crippen LogP contribution in [0.5, 0.6) is 0 Å². The first-order valence-electron chi connectivity index (χ1n) is 3.10. The van der Waals surface area contributed by atoms with Crippen molar-refractivity contribution < 1.29 is 26.2 Å². The number of nitrogens with two attached hydrogens (primary N) is 1. The van der Waals surface area contributed by atoms with Gasteiger partial charge in [0.05, 0.1) is 13.1 Å². The third kappa shape index (κ3) is 2.25. The molecule has 0 aromatic carbocycles. The van der Waals surface area contributed by atoms with Crippen molar-refractivity contribution in [2.75, 3.05) is 13.1 Å². The molecule has 0 unspecified atom stereocenters. The summed E-state index contributed by atoms with van der Waals surface area (Å²) < 4.78 is 49.9. The molecule has 2 N–H and O–H groups in total. The second-order valence-electron chi connectivity index (χ2n) is 2.48. The lowest BCUT2D eigenvalue weighted by Crippen LogP contribution is -2.58. The van der Waals surface area contributed by atoms with Gasteiger partial charge in [-0.1, -0.05) is 0 Å². The van der Waals surface area contributed by atoms with Gasteiger partial charge in [-0.15, -0.1) is 0 Å². The van der Waals surface area contributed by atoms with E-state index in [4.69, 9.17) is 0 Å². The van der Waals surface area contributed by atoms with E-state index in [1.165, 1.54) is 0 Å². The van der Waals surface area contributed by atoms with Crippen molar-refractivity contribution in [1.29, 1.82) is 0 Å². The van der Waals surface area contributed by atoms with Crippen LogP contribution in [-0.2, 0) is 14.5 Å². The van der Waals surface area contributed by atoms with Crippen LogP contribution >= 0.6 is 0 Å². The monoisotopic (exact) mass is 216 g/mol. The Labute approximate surface area is 72.5 Å². The highest BCUT2D eigenvalue weighted by atomic mass is 32.2. The van der Waals surface area contributed by atoms with E-state index in [0.717, 1.165) is 0 Å². The van der Waals surface area contributed by atoms with Gasteiger partial charge in [0.25, 0.3) is 5.92 Å². The first kappa shape index (κ1) is 10.1. The number of hydrogen-bond donors (Lipinski definition) is 1. The first-order valence-corrected chi connectivity index (χ1v) is 4.46. The van der Waals surface area contributed by atoms with Crippen LogP contribution in [0.15, 0.2) is 0 Å². The van der Waals surface area contributed by atoms with Crippen LogP contribution in [0.4, 0.5) is 13.6 Å². The molecular formula is C4H6F2N2O4S. The lowest BCUT2D eigenvalue weighted by Gasteiger charge is -2.35. The molecule has 13 heavy (non-hydrogen) atoms. The minimum absolute atomic E-state index is 0.317. The van der Waals surface area contributed by atoms with Crippen LogP contribution in [0.3, 0.4) is 0 Å². The summed E-state index contributed by atoms with van der Waals surface area (Å²) in [6.07, 6.45) is -1.55. The number of amides is 1. The van der Waals surface area contributed by atoms with E-state index < -0.39 is 35.4 Å². The maximum Gasteiger partial charge on any atom is 0.421 e. The maximum absolute atomic E-state index is 12.2. The number of hydrogen-bond acceptors (Lipinski definition) is 4. The van der Waals surface area contributed by atoms with Crippen LogP contribution in [0.25, 0.3) is 0 Å². The summed E-state index contributed by atoms with van der Waals surface area (Å²) in [5.41, 5.74) is 4.41. The van der Waals surface area contributed by atoms with E-state index in [9.17, 15) is 22.0 Å². The van der Waals surface area contributed by atoms with Gasteiger partial charge in [0.15, 0.2) is 0 Å². The molecule has 0 aliphatic carbocycles. The number of carbonyl (C=O) groups excluding carboxylic acids is 1. The highest BCUT2D eigenvalue weighted by molar-refractivity contribution is 7.84. The Morgan fingerprint density at radius 1 is 1.46 bits per heavy atom. The van der Waals surface area contributed by atoms with Crippen molar-refractivity contribution in [3.05, 3.63) is 0 Å². The largest absolute Gasteiger partial charge is 0.421 e. The van der Waals surface area contributed by atoms with Crippen LogP contribution in [0, 0.1) is 0 Å². The highest BCUT2D eigenvalue weighted by Crippen LogP contribution is 2.29. The van der Waals surface area contributed by atoms with Gasteiger partial charge in [-0.05, 0) is 0 Å². The molecule has 1 heterocycles. The number of carbonyl (C=O) groups is 1. The lowest BCUT2D eigenvalue weighted by molar-refractivity contribution is -0.0973. The summed E-state index contributed by atoms with van der Waals surface area (Å²) in [4.78, 5) is 10.0. The van der Waals surface area contributed by atoms with Gasteiger partial charge < -0.3 is 9.92 Å². The van der Waals surface area contributed by atoms with Gasteiger partial charge in [0.2, 0.25) is 0 Å². The summed E-state index contributed by atoms with van der Waals surface area (Å²) in [5, 5.41) is 0. The van der Waals surface area contributed by atoms with Gasteiger partial charge in [-0.2, -0.15) is 12.7 Å². The first-order chi connectivity index (χ1) is 5.73. The number of halogens is 2. The normalized spacial score (nSPS) is 22.0. The molecule has 6 nitrogen and oxygen atoms in total. The SMILES string of the molecule is NC(=O)OS(=O)(=O)N1CC(F)(F)C1. The Kier molecular flexibility index (Phi) is 2.16. The van der Waals surface area contributed by atoms with Crippen molar-refractivity contribution in [3.8, 4) is 0 Å². The van der Waals surface area contributed by atoms with Crippen LogP contribution in [0.1, 0.15) is 0 Å². The molecule has 1 aliphatic rings. The Bertz CT molecular complexity index is 319. The molecule has 0 spiro atoms. The quantitative estimate of drug-likeness (QED) is 0.659. The van der Waals surface area contributed by atoms with Crippen molar-refractivity contribution in [2.45, 2.75) is 5.92 Å². The minimum atomic E-state index is -4.42. The molecule has 0 atom stereocenters. The van der Waals surface area contributed by atoms with Crippen LogP contribution in [-0.4, -0.2) is 37.8 Å². The average molecular weight is 216 g/mol. The summed E-state index contributed by atoms with van der Waals surface area (Å²) in [6, 6.07) is 0. The molecule has 1 saturated heterocycles. The maximum atomic E-state index is 12.2. The zero-order valence-corrected chi connectivity index (χ0v) is 7.05. The van der Waals surface area contributed by atoms with Crippen LogP contribution in [0.2, 0.25) is 0 Å². The molecule has 1 fully saturated rings. The summed E-state index contributed by atoms with van der Waals surface area (Å²) in [6.45, 7) is -1.97. The highest BCUT2D eigenvalue weighted by Gasteiger charge is 2.50. The van der Waals surface area contributed by atoms with Gasteiger partial charge in [0.1, 0.15) is 0 Å². The zero-order chi connectivity index (χ0) is 10.3. The fraction of sp³-hybridized carbons (Fsp3) is 0.750. The predicted molar refractivity (Wildman–Crippen MR) is 36.1 cm³/mol. The molecule has 0 aromatic rings. The number of rotatable bonds is 2. The standard InChI is InChI=1S/C4H6F2N2O4S/c5-4(6)1-8(2-4)13(10,11)12-3(7)9/h1-2H2,(H2,7,9). The van der Waals surface area contributed by atoms with Gasteiger partial charge in [-0.25, -0.2) is 13.6 Å². The van der Waals surface area contributed by atoms with Crippen molar-refractivity contribution in [2.24, 2.45) is 5.73 Å². The second-order valence-corrected chi connectivity index (χ2v) is 4.02. The molecule has 9 heteroatoms. The van der Waals surface area contributed by atoms with E-state index in [1.54, 1.807) is 0 Å². The van der Waals surface area contributed by atoms with Gasteiger partial charge in [-0.3, -0.25) is 0 Å². The Balaban J connectivity index is 2.60. The third-order valence-corrected chi connectivity index (χ3v) is 2.58. The molecule has 1 rings (SSSR count). The minimum Gasteiger partial charge on any atom is -0.334 e.